The van der Waals surface area contributed by atoms with Crippen LogP contribution in [0.25, 0.3) is 0 Å². The molecule has 34 heavy (non-hydrogen) atoms. The Morgan fingerprint density at radius 2 is 1.65 bits per heavy atom. The van der Waals surface area contributed by atoms with Gasteiger partial charge in [-0.05, 0) is 68.4 Å². The van der Waals surface area contributed by atoms with Crippen molar-refractivity contribution in [3.63, 3.8) is 0 Å². The molecular formula is C24H25Br2F2NaO5. The fourth-order valence-electron chi connectivity index (χ4n) is 3.46. The number of hydrogen-bond donors (Lipinski definition) is 1. The van der Waals surface area contributed by atoms with E-state index >= 15 is 0 Å². The zero-order valence-electron chi connectivity index (χ0n) is 18.9. The number of esters is 1. The predicted octanol–water partition coefficient (Wildman–Crippen LogP) is 2.79. The average molecular weight is 614 g/mol. The molecular weight excluding hydrogens is 589 g/mol. The Bertz CT molecular complexity index is 961. The number of fused-ring (bicyclic) bond motifs is 1. The van der Waals surface area contributed by atoms with Crippen molar-refractivity contribution in [3.05, 3.63) is 67.6 Å². The molecule has 180 valence electrons. The van der Waals surface area contributed by atoms with Crippen LogP contribution < -0.4 is 34.7 Å². The summed E-state index contributed by atoms with van der Waals surface area (Å²) in [7, 11) is 0. The third kappa shape index (κ3) is 9.32. The molecule has 0 radical (unpaired) electrons. The zero-order chi connectivity index (χ0) is 24.4. The van der Waals surface area contributed by atoms with Gasteiger partial charge in [0.25, 0.3) is 0 Å². The second-order valence-electron chi connectivity index (χ2n) is 7.53. The molecule has 1 aliphatic heterocycles. The van der Waals surface area contributed by atoms with Gasteiger partial charge >= 0.3 is 35.5 Å². The van der Waals surface area contributed by atoms with Crippen molar-refractivity contribution in [1.82, 2.24) is 0 Å². The van der Waals surface area contributed by atoms with E-state index in [1.807, 2.05) is 12.1 Å². The smallest absolute Gasteiger partial charge is 0.545 e. The molecule has 0 saturated heterocycles. The second kappa shape index (κ2) is 16.0. The Balaban J connectivity index is 0.000000331. The average Bonchev–Trinajstić information content (AvgIpc) is 3.09. The largest absolute Gasteiger partial charge is 1.00 e. The summed E-state index contributed by atoms with van der Waals surface area (Å²) in [6.45, 7) is -0.742. The summed E-state index contributed by atoms with van der Waals surface area (Å²) in [5.41, 5.74) is 1.82. The van der Waals surface area contributed by atoms with Gasteiger partial charge < -0.3 is 19.7 Å². The zero-order valence-corrected chi connectivity index (χ0v) is 24.0. The molecule has 10 heteroatoms. The Kier molecular flexibility index (Phi) is 14.7. The number of benzene rings is 2. The molecule has 2 unspecified atom stereocenters. The number of ether oxygens (including phenoxy) is 1. The maximum Gasteiger partial charge on any atom is 1.00 e. The SMILES string of the molecule is O=C([O-])c1cc(Br)ccc1C(O)CCCCF.O=C1OC(CCCCF)c2ccc(Br)cc21.[Na+]. The Hall–Kier alpha value is -0.840. The molecule has 2 aromatic rings. The monoisotopic (exact) mass is 612 g/mol. The molecule has 3 rings (SSSR count). The topological polar surface area (TPSA) is 86.7 Å². The number of aliphatic hydroxyl groups excluding tert-OH is 1. The maximum absolute atomic E-state index is 12.0. The van der Waals surface area contributed by atoms with E-state index < -0.39 is 18.7 Å². The van der Waals surface area contributed by atoms with Crippen LogP contribution in [0.15, 0.2) is 45.3 Å². The van der Waals surface area contributed by atoms with Gasteiger partial charge in [0.1, 0.15) is 6.10 Å². The van der Waals surface area contributed by atoms with E-state index in [4.69, 9.17) is 4.74 Å². The van der Waals surface area contributed by atoms with Crippen molar-refractivity contribution in [3.8, 4) is 0 Å². The van der Waals surface area contributed by atoms with Gasteiger partial charge in [-0.1, -0.05) is 44.0 Å². The standard InChI is InChI=1S/C12H14BrFO3.C12H12BrFO2.Na/c13-8-4-5-9(10(7-8)12(16)17)11(15)3-1-2-6-14;13-8-4-5-9-10(7-8)12(15)16-11(9)3-1-2-6-14;/h4-5,7,11,15H,1-3,6H2,(H,16,17);4-5,7,11H,1-3,6H2;/q;;+1/p-1. The molecule has 1 heterocycles. The predicted molar refractivity (Wildman–Crippen MR) is 125 cm³/mol. The van der Waals surface area contributed by atoms with Crippen molar-refractivity contribution in [2.45, 2.75) is 50.7 Å². The van der Waals surface area contributed by atoms with Gasteiger partial charge in [0, 0.05) is 20.1 Å². The summed E-state index contributed by atoms with van der Waals surface area (Å²) in [5, 5.41) is 20.7. The van der Waals surface area contributed by atoms with Crippen LogP contribution in [0.4, 0.5) is 8.78 Å². The van der Waals surface area contributed by atoms with Crippen molar-refractivity contribution in [1.29, 1.82) is 0 Å². The quantitative estimate of drug-likeness (QED) is 0.253. The third-order valence-electron chi connectivity index (χ3n) is 5.14. The molecule has 0 bridgehead atoms. The number of carboxylic acid groups (broad SMARTS) is 1. The first-order valence-electron chi connectivity index (χ1n) is 10.6. The number of unbranched alkanes of at least 4 members (excludes halogenated alkanes) is 2. The summed E-state index contributed by atoms with van der Waals surface area (Å²) in [5.74, 6) is -1.60. The first-order chi connectivity index (χ1) is 15.8. The molecule has 0 spiro atoms. The van der Waals surface area contributed by atoms with Crippen LogP contribution >= 0.6 is 31.9 Å². The first kappa shape index (κ1) is 31.2. The van der Waals surface area contributed by atoms with E-state index in [-0.39, 0.29) is 53.9 Å². The fourth-order valence-corrected chi connectivity index (χ4v) is 4.19. The molecule has 0 aromatic heterocycles. The van der Waals surface area contributed by atoms with Crippen LogP contribution in [0.1, 0.15) is 82.6 Å². The van der Waals surface area contributed by atoms with Gasteiger partial charge in [-0.3, -0.25) is 8.78 Å². The number of carboxylic acids is 1. The van der Waals surface area contributed by atoms with Crippen LogP contribution in [-0.2, 0) is 4.74 Å². The molecule has 0 saturated carbocycles. The van der Waals surface area contributed by atoms with Gasteiger partial charge in [-0.2, -0.15) is 0 Å². The molecule has 0 amide bonds. The normalized spacial score (nSPS) is 14.9. The van der Waals surface area contributed by atoms with E-state index in [0.29, 0.717) is 47.7 Å². The van der Waals surface area contributed by atoms with E-state index in [1.54, 1.807) is 12.1 Å². The summed E-state index contributed by atoms with van der Waals surface area (Å²) >= 11 is 6.47. The molecule has 2 atom stereocenters. The fraction of sp³-hybridized carbons (Fsp3) is 0.417. The van der Waals surface area contributed by atoms with E-state index in [1.165, 1.54) is 12.1 Å². The van der Waals surface area contributed by atoms with E-state index in [9.17, 15) is 28.6 Å². The number of carbonyl (C=O) groups is 2. The second-order valence-corrected chi connectivity index (χ2v) is 9.36. The summed E-state index contributed by atoms with van der Waals surface area (Å²) in [6, 6.07) is 10.1. The third-order valence-corrected chi connectivity index (χ3v) is 6.12. The van der Waals surface area contributed by atoms with Gasteiger partial charge in [0.15, 0.2) is 0 Å². The number of cyclic esters (lactones) is 1. The molecule has 0 fully saturated rings. The van der Waals surface area contributed by atoms with Crippen molar-refractivity contribution in [2.24, 2.45) is 0 Å². The van der Waals surface area contributed by atoms with Crippen molar-refractivity contribution >= 4 is 43.8 Å². The molecule has 1 aliphatic rings. The number of alkyl halides is 2. The number of hydrogen-bond acceptors (Lipinski definition) is 5. The van der Waals surface area contributed by atoms with Crippen molar-refractivity contribution < 1.29 is 62.9 Å². The molecule has 0 aliphatic carbocycles. The summed E-state index contributed by atoms with van der Waals surface area (Å²) < 4.78 is 30.6. The summed E-state index contributed by atoms with van der Waals surface area (Å²) in [6.07, 6.45) is 2.10. The minimum atomic E-state index is -1.33. The van der Waals surface area contributed by atoms with Crippen LogP contribution in [0.3, 0.4) is 0 Å². The van der Waals surface area contributed by atoms with Gasteiger partial charge in [0.2, 0.25) is 0 Å². The van der Waals surface area contributed by atoms with Crippen LogP contribution in [-0.4, -0.2) is 30.4 Å². The molecule has 2 aromatic carbocycles. The molecule has 1 N–H and O–H groups in total. The van der Waals surface area contributed by atoms with Gasteiger partial charge in [0.05, 0.1) is 31.0 Å². The Labute approximate surface area is 236 Å². The van der Waals surface area contributed by atoms with E-state index in [2.05, 4.69) is 31.9 Å². The summed E-state index contributed by atoms with van der Waals surface area (Å²) in [4.78, 5) is 22.4. The Morgan fingerprint density at radius 3 is 2.29 bits per heavy atom. The Morgan fingerprint density at radius 1 is 1.03 bits per heavy atom. The maximum atomic E-state index is 12.0. The van der Waals surface area contributed by atoms with Crippen molar-refractivity contribution in [2.75, 3.05) is 13.3 Å². The molecule has 5 nitrogen and oxygen atoms in total. The number of rotatable bonds is 10. The number of carbonyl (C=O) groups excluding carboxylic acids is 2. The van der Waals surface area contributed by atoms with Gasteiger partial charge in [-0.25, -0.2) is 4.79 Å². The van der Waals surface area contributed by atoms with Gasteiger partial charge in [-0.15, -0.1) is 0 Å². The first-order valence-corrected chi connectivity index (χ1v) is 12.2. The van der Waals surface area contributed by atoms with Crippen LogP contribution in [0.2, 0.25) is 0 Å². The van der Waals surface area contributed by atoms with Crippen LogP contribution in [0.5, 0.6) is 0 Å². The van der Waals surface area contributed by atoms with E-state index in [0.717, 1.165) is 16.5 Å². The minimum absolute atomic E-state index is 0. The van der Waals surface area contributed by atoms with Crippen LogP contribution in [0, 0.1) is 0 Å². The minimum Gasteiger partial charge on any atom is -0.545 e. The number of aromatic carboxylic acids is 1. The number of halogens is 4. The number of aliphatic hydroxyl groups is 1.